The van der Waals surface area contributed by atoms with E-state index < -0.39 is 0 Å². The van der Waals surface area contributed by atoms with Crippen LogP contribution in [0.4, 0.5) is 0 Å². The predicted molar refractivity (Wildman–Crippen MR) is 55.1 cm³/mol. The van der Waals surface area contributed by atoms with E-state index in [1.54, 1.807) is 0 Å². The molecule has 12 heavy (non-hydrogen) atoms. The summed E-state index contributed by atoms with van der Waals surface area (Å²) in [6.45, 7) is 6.11. The van der Waals surface area contributed by atoms with Gasteiger partial charge < -0.3 is 0 Å². The fourth-order valence-corrected chi connectivity index (χ4v) is 2.04. The topological polar surface area (TPSA) is 12.9 Å². The first-order valence-electron chi connectivity index (χ1n) is 4.19. The second-order valence-corrected chi connectivity index (χ2v) is 3.99. The van der Waals surface area contributed by atoms with Gasteiger partial charge in [0.1, 0.15) is 0 Å². The van der Waals surface area contributed by atoms with Crippen LogP contribution in [0.5, 0.6) is 0 Å². The second kappa shape index (κ2) is 5.20. The third-order valence-electron chi connectivity index (χ3n) is 1.71. The minimum absolute atomic E-state index is 0.540. The van der Waals surface area contributed by atoms with Crippen molar-refractivity contribution >= 4 is 11.8 Å². The average molecular weight is 180 g/mol. The Bertz CT molecular complexity index is 210. The highest BCUT2D eigenvalue weighted by atomic mass is 32.2. The van der Waals surface area contributed by atoms with Crippen LogP contribution in [0.25, 0.3) is 0 Å². The molecule has 1 aromatic rings. The van der Waals surface area contributed by atoms with Crippen molar-refractivity contribution in [2.75, 3.05) is 5.75 Å². The normalized spacial score (nSPS) is 12.8. The smallest absolute Gasteiger partial charge is 0.0298 e. The van der Waals surface area contributed by atoms with Crippen LogP contribution in [0, 0.1) is 6.92 Å². The van der Waals surface area contributed by atoms with Gasteiger partial charge in [0.2, 0.25) is 0 Å². The Labute approximate surface area is 78.6 Å². The summed E-state index contributed by atoms with van der Waals surface area (Å²) >= 11 is 1.94. The zero-order valence-electron chi connectivity index (χ0n) is 7.36. The van der Waals surface area contributed by atoms with Crippen LogP contribution < -0.4 is 0 Å². The van der Waals surface area contributed by atoms with E-state index in [4.69, 9.17) is 0 Å². The SMILES string of the molecule is [CH2]CC(SCC)c1ccncc1. The molecule has 0 aliphatic carbocycles. The van der Waals surface area contributed by atoms with Gasteiger partial charge in [0.25, 0.3) is 0 Å². The van der Waals surface area contributed by atoms with Gasteiger partial charge in [-0.25, -0.2) is 0 Å². The van der Waals surface area contributed by atoms with Crippen molar-refractivity contribution in [1.29, 1.82) is 0 Å². The van der Waals surface area contributed by atoms with Crippen LogP contribution >= 0.6 is 11.8 Å². The molecule has 0 N–H and O–H groups in total. The quantitative estimate of drug-likeness (QED) is 0.706. The fourth-order valence-electron chi connectivity index (χ4n) is 1.13. The van der Waals surface area contributed by atoms with E-state index in [1.165, 1.54) is 5.56 Å². The van der Waals surface area contributed by atoms with Gasteiger partial charge in [0, 0.05) is 17.6 Å². The van der Waals surface area contributed by atoms with Crippen LogP contribution in [-0.2, 0) is 0 Å². The molecule has 0 bridgehead atoms. The molecule has 0 spiro atoms. The number of thioether (sulfide) groups is 1. The van der Waals surface area contributed by atoms with Gasteiger partial charge in [0.05, 0.1) is 0 Å². The molecule has 0 saturated heterocycles. The Morgan fingerprint density at radius 2 is 2.17 bits per heavy atom. The van der Waals surface area contributed by atoms with Gasteiger partial charge in [-0.1, -0.05) is 13.8 Å². The predicted octanol–water partition coefficient (Wildman–Crippen LogP) is 3.10. The van der Waals surface area contributed by atoms with Crippen molar-refractivity contribution in [3.8, 4) is 0 Å². The van der Waals surface area contributed by atoms with E-state index in [0.29, 0.717) is 5.25 Å². The van der Waals surface area contributed by atoms with Gasteiger partial charge >= 0.3 is 0 Å². The van der Waals surface area contributed by atoms with Crippen LogP contribution in [0.2, 0.25) is 0 Å². The lowest BCUT2D eigenvalue weighted by Gasteiger charge is -2.12. The summed E-state index contributed by atoms with van der Waals surface area (Å²) in [6.07, 6.45) is 4.63. The summed E-state index contributed by atoms with van der Waals surface area (Å²) in [4.78, 5) is 3.99. The van der Waals surface area contributed by atoms with Gasteiger partial charge in [-0.2, -0.15) is 11.8 Å². The Morgan fingerprint density at radius 1 is 1.50 bits per heavy atom. The second-order valence-electron chi connectivity index (χ2n) is 2.51. The minimum Gasteiger partial charge on any atom is -0.265 e. The number of rotatable bonds is 4. The molecule has 1 radical (unpaired) electrons. The summed E-state index contributed by atoms with van der Waals surface area (Å²) in [6, 6.07) is 4.14. The van der Waals surface area contributed by atoms with Crippen LogP contribution in [-0.4, -0.2) is 10.7 Å². The molecule has 0 aromatic carbocycles. The average Bonchev–Trinajstić information content (AvgIpc) is 2.15. The molecule has 0 saturated carbocycles. The lowest BCUT2D eigenvalue weighted by molar-refractivity contribution is 0.961. The number of hydrogen-bond donors (Lipinski definition) is 0. The molecule has 65 valence electrons. The molecule has 1 heterocycles. The summed E-state index contributed by atoms with van der Waals surface area (Å²) in [5.41, 5.74) is 1.34. The number of aromatic nitrogens is 1. The van der Waals surface area contributed by atoms with E-state index in [1.807, 2.05) is 24.2 Å². The van der Waals surface area contributed by atoms with Crippen LogP contribution in [0.15, 0.2) is 24.5 Å². The molecular formula is C10H14NS. The van der Waals surface area contributed by atoms with Crippen LogP contribution in [0.1, 0.15) is 24.2 Å². The monoisotopic (exact) mass is 180 g/mol. The molecular weight excluding hydrogens is 166 g/mol. The Hall–Kier alpha value is -0.500. The Balaban J connectivity index is 2.66. The van der Waals surface area contributed by atoms with Crippen molar-refractivity contribution in [2.45, 2.75) is 18.6 Å². The molecule has 0 fully saturated rings. The number of pyridine rings is 1. The summed E-state index contributed by atoms with van der Waals surface area (Å²) in [7, 11) is 0. The summed E-state index contributed by atoms with van der Waals surface area (Å²) in [5, 5.41) is 0.540. The lowest BCUT2D eigenvalue weighted by Crippen LogP contribution is -1.92. The van der Waals surface area contributed by atoms with E-state index >= 15 is 0 Å². The highest BCUT2D eigenvalue weighted by Gasteiger charge is 2.06. The maximum Gasteiger partial charge on any atom is 0.0298 e. The first-order valence-corrected chi connectivity index (χ1v) is 5.24. The van der Waals surface area contributed by atoms with Crippen molar-refractivity contribution in [3.05, 3.63) is 37.0 Å². The molecule has 1 unspecified atom stereocenters. The standard InChI is InChI=1S/C10H14NS/c1-3-10(12-4-2)9-5-7-11-8-6-9/h5-8,10H,1,3-4H2,2H3. The first kappa shape index (κ1) is 9.59. The molecule has 1 aromatic heterocycles. The lowest BCUT2D eigenvalue weighted by atomic mass is 10.1. The van der Waals surface area contributed by atoms with E-state index in [0.717, 1.165) is 12.2 Å². The van der Waals surface area contributed by atoms with E-state index in [2.05, 4.69) is 31.0 Å². The summed E-state index contributed by atoms with van der Waals surface area (Å²) in [5.74, 6) is 1.14. The third kappa shape index (κ3) is 2.52. The first-order chi connectivity index (χ1) is 5.88. The molecule has 1 atom stereocenters. The zero-order chi connectivity index (χ0) is 8.81. The summed E-state index contributed by atoms with van der Waals surface area (Å²) < 4.78 is 0. The maximum absolute atomic E-state index is 3.99. The molecule has 0 aliphatic heterocycles. The van der Waals surface area contributed by atoms with Crippen molar-refractivity contribution in [3.63, 3.8) is 0 Å². The van der Waals surface area contributed by atoms with Gasteiger partial charge in [0.15, 0.2) is 0 Å². The van der Waals surface area contributed by atoms with Crippen molar-refractivity contribution < 1.29 is 0 Å². The zero-order valence-corrected chi connectivity index (χ0v) is 8.18. The van der Waals surface area contributed by atoms with Crippen molar-refractivity contribution in [2.24, 2.45) is 0 Å². The molecule has 1 rings (SSSR count). The maximum atomic E-state index is 3.99. The fraction of sp³-hybridized carbons (Fsp3) is 0.400. The van der Waals surface area contributed by atoms with Crippen molar-refractivity contribution in [1.82, 2.24) is 4.98 Å². The molecule has 0 amide bonds. The largest absolute Gasteiger partial charge is 0.265 e. The molecule has 1 nitrogen and oxygen atoms in total. The molecule has 0 aliphatic rings. The minimum atomic E-state index is 0.540. The Kier molecular flexibility index (Phi) is 4.15. The van der Waals surface area contributed by atoms with E-state index in [-0.39, 0.29) is 0 Å². The van der Waals surface area contributed by atoms with E-state index in [9.17, 15) is 0 Å². The Morgan fingerprint density at radius 3 is 2.67 bits per heavy atom. The number of hydrogen-bond acceptors (Lipinski definition) is 2. The molecule has 2 heteroatoms. The van der Waals surface area contributed by atoms with Gasteiger partial charge in [-0.15, -0.1) is 0 Å². The van der Waals surface area contributed by atoms with Gasteiger partial charge in [-0.3, -0.25) is 4.98 Å². The van der Waals surface area contributed by atoms with Crippen LogP contribution in [0.3, 0.4) is 0 Å². The number of nitrogens with zero attached hydrogens (tertiary/aromatic N) is 1. The third-order valence-corrected chi connectivity index (χ3v) is 2.95. The van der Waals surface area contributed by atoms with Gasteiger partial charge in [-0.05, 0) is 29.9 Å². The highest BCUT2D eigenvalue weighted by Crippen LogP contribution is 2.30. The highest BCUT2D eigenvalue weighted by molar-refractivity contribution is 7.99.